The molecule has 180 valence electrons. The predicted octanol–water partition coefficient (Wildman–Crippen LogP) is 4.89. The summed E-state index contributed by atoms with van der Waals surface area (Å²) >= 11 is 6.04. The Morgan fingerprint density at radius 3 is 2.47 bits per heavy atom. The molecule has 0 saturated carbocycles. The number of unbranched alkanes of at least 4 members (excludes halogenated alkanes) is 1. The quantitative estimate of drug-likeness (QED) is 0.386. The zero-order chi connectivity index (χ0) is 24.7. The normalized spacial score (nSPS) is 11.9. The third-order valence-corrected chi connectivity index (χ3v) is 5.88. The van der Waals surface area contributed by atoms with Crippen molar-refractivity contribution < 1.29 is 14.0 Å². The Morgan fingerprint density at radius 2 is 1.79 bits per heavy atom. The number of benzene rings is 2. The second-order valence-corrected chi connectivity index (χ2v) is 9.21. The molecule has 3 aromatic rings. The Balaban J connectivity index is 1.91. The molecule has 34 heavy (non-hydrogen) atoms. The first kappa shape index (κ1) is 25.5. The fraction of sp³-hybridized carbons (Fsp3) is 0.370. The number of halogens is 1. The standard InChI is InChI=1S/C27H31ClN2O4/c1-4-5-13-29(27(33)20(3)28)17-25(31)30(15-21-9-7-6-8-10-21)16-22-18-34-24-12-11-19(2)14-23(24)26(22)32/h6-12,14,18,20H,4-5,13,15-17H2,1-3H3. The Kier molecular flexibility index (Phi) is 8.88. The van der Waals surface area contributed by atoms with Gasteiger partial charge in [-0.2, -0.15) is 0 Å². The second kappa shape index (κ2) is 11.8. The lowest BCUT2D eigenvalue weighted by atomic mass is 10.1. The highest BCUT2D eigenvalue weighted by Gasteiger charge is 2.25. The summed E-state index contributed by atoms with van der Waals surface area (Å²) in [5, 5.41) is -0.233. The minimum atomic E-state index is -0.719. The van der Waals surface area contributed by atoms with Crippen molar-refractivity contribution in [2.75, 3.05) is 13.1 Å². The van der Waals surface area contributed by atoms with E-state index in [4.69, 9.17) is 16.0 Å². The van der Waals surface area contributed by atoms with Gasteiger partial charge in [-0.3, -0.25) is 14.4 Å². The predicted molar refractivity (Wildman–Crippen MR) is 135 cm³/mol. The number of carbonyl (C=O) groups excluding carboxylic acids is 2. The summed E-state index contributed by atoms with van der Waals surface area (Å²) in [6.07, 6.45) is 3.08. The Bertz CT molecular complexity index is 1190. The minimum absolute atomic E-state index is 0.0756. The molecule has 0 aliphatic heterocycles. The van der Waals surface area contributed by atoms with Crippen molar-refractivity contribution in [2.45, 2.75) is 52.1 Å². The van der Waals surface area contributed by atoms with E-state index in [0.29, 0.717) is 29.6 Å². The number of aryl methyl sites for hydroxylation is 1. The van der Waals surface area contributed by atoms with Crippen LogP contribution in [0.2, 0.25) is 0 Å². The van der Waals surface area contributed by atoms with Gasteiger partial charge in [0.1, 0.15) is 11.0 Å². The number of fused-ring (bicyclic) bond motifs is 1. The summed E-state index contributed by atoms with van der Waals surface area (Å²) in [4.78, 5) is 42.3. The zero-order valence-corrected chi connectivity index (χ0v) is 20.7. The summed E-state index contributed by atoms with van der Waals surface area (Å²) in [5.74, 6) is -0.529. The molecule has 3 rings (SSSR count). The number of alkyl halides is 1. The molecule has 1 unspecified atom stereocenters. The summed E-state index contributed by atoms with van der Waals surface area (Å²) in [6.45, 7) is 6.28. The van der Waals surface area contributed by atoms with Crippen molar-refractivity contribution >= 4 is 34.4 Å². The third-order valence-electron chi connectivity index (χ3n) is 5.69. The first-order chi connectivity index (χ1) is 16.3. The van der Waals surface area contributed by atoms with E-state index in [1.165, 1.54) is 11.2 Å². The molecule has 0 bridgehead atoms. The van der Waals surface area contributed by atoms with Gasteiger partial charge in [0.15, 0.2) is 5.43 Å². The number of nitrogens with zero attached hydrogens (tertiary/aromatic N) is 2. The molecule has 0 radical (unpaired) electrons. The van der Waals surface area contributed by atoms with E-state index in [1.807, 2.05) is 50.2 Å². The van der Waals surface area contributed by atoms with Crippen LogP contribution in [0.25, 0.3) is 11.0 Å². The molecule has 0 saturated heterocycles. The summed E-state index contributed by atoms with van der Waals surface area (Å²) in [5.41, 5.74) is 2.61. The van der Waals surface area contributed by atoms with Gasteiger partial charge in [-0.15, -0.1) is 11.6 Å². The zero-order valence-electron chi connectivity index (χ0n) is 19.9. The lowest BCUT2D eigenvalue weighted by Gasteiger charge is -2.28. The monoisotopic (exact) mass is 482 g/mol. The van der Waals surface area contributed by atoms with E-state index >= 15 is 0 Å². The maximum Gasteiger partial charge on any atom is 0.242 e. The average Bonchev–Trinajstić information content (AvgIpc) is 2.83. The van der Waals surface area contributed by atoms with Gasteiger partial charge < -0.3 is 14.2 Å². The molecule has 1 heterocycles. The first-order valence-corrected chi connectivity index (χ1v) is 12.0. The number of hydrogen-bond acceptors (Lipinski definition) is 4. The number of hydrogen-bond donors (Lipinski definition) is 0. The van der Waals surface area contributed by atoms with E-state index < -0.39 is 5.38 Å². The fourth-order valence-corrected chi connectivity index (χ4v) is 3.90. The van der Waals surface area contributed by atoms with E-state index in [1.54, 1.807) is 24.0 Å². The van der Waals surface area contributed by atoms with Crippen molar-refractivity contribution in [1.29, 1.82) is 0 Å². The van der Waals surface area contributed by atoms with E-state index in [-0.39, 0.29) is 30.3 Å². The van der Waals surface area contributed by atoms with Crippen LogP contribution in [0.5, 0.6) is 0 Å². The molecule has 6 nitrogen and oxygen atoms in total. The smallest absolute Gasteiger partial charge is 0.242 e. The average molecular weight is 483 g/mol. The van der Waals surface area contributed by atoms with Crippen LogP contribution in [-0.4, -0.2) is 40.1 Å². The number of rotatable bonds is 10. The maximum atomic E-state index is 13.4. The third kappa shape index (κ3) is 6.48. The van der Waals surface area contributed by atoms with Crippen molar-refractivity contribution in [3.8, 4) is 0 Å². The van der Waals surface area contributed by atoms with Crippen LogP contribution in [0, 0.1) is 6.92 Å². The summed E-state index contributed by atoms with van der Waals surface area (Å²) < 4.78 is 5.69. The van der Waals surface area contributed by atoms with Crippen LogP contribution in [0.4, 0.5) is 0 Å². The lowest BCUT2D eigenvalue weighted by molar-refractivity contribution is -0.141. The van der Waals surface area contributed by atoms with Crippen LogP contribution in [0.15, 0.2) is 64.0 Å². The highest BCUT2D eigenvalue weighted by molar-refractivity contribution is 6.30. The SMILES string of the molecule is CCCCN(CC(=O)N(Cc1ccccc1)Cc1coc2ccc(C)cc2c1=O)C(=O)C(C)Cl. The van der Waals surface area contributed by atoms with Crippen molar-refractivity contribution in [3.05, 3.63) is 81.7 Å². The Hall–Kier alpha value is -3.12. The minimum Gasteiger partial charge on any atom is -0.464 e. The van der Waals surface area contributed by atoms with Crippen molar-refractivity contribution in [1.82, 2.24) is 9.80 Å². The van der Waals surface area contributed by atoms with E-state index in [0.717, 1.165) is 24.0 Å². The molecule has 0 aliphatic carbocycles. The van der Waals surface area contributed by atoms with Gasteiger partial charge in [-0.1, -0.05) is 55.3 Å². The van der Waals surface area contributed by atoms with Gasteiger partial charge in [-0.05, 0) is 38.0 Å². The molecule has 1 atom stereocenters. The molecule has 0 spiro atoms. The van der Waals surface area contributed by atoms with Crippen LogP contribution >= 0.6 is 11.6 Å². The van der Waals surface area contributed by atoms with Crippen LogP contribution in [0.3, 0.4) is 0 Å². The fourth-order valence-electron chi connectivity index (χ4n) is 3.77. The highest BCUT2D eigenvalue weighted by Crippen LogP contribution is 2.16. The van der Waals surface area contributed by atoms with Crippen LogP contribution < -0.4 is 5.43 Å². The molecule has 2 aromatic carbocycles. The maximum absolute atomic E-state index is 13.4. The van der Waals surface area contributed by atoms with Crippen LogP contribution in [0.1, 0.15) is 43.4 Å². The van der Waals surface area contributed by atoms with Crippen molar-refractivity contribution in [2.24, 2.45) is 0 Å². The highest BCUT2D eigenvalue weighted by atomic mass is 35.5. The molecule has 0 fully saturated rings. The molecule has 0 N–H and O–H groups in total. The number of amides is 2. The first-order valence-electron chi connectivity index (χ1n) is 11.6. The molecule has 2 amide bonds. The molecule has 0 aliphatic rings. The molecule has 7 heteroatoms. The van der Waals surface area contributed by atoms with Gasteiger partial charge in [0.2, 0.25) is 11.8 Å². The topological polar surface area (TPSA) is 70.8 Å². The van der Waals surface area contributed by atoms with Gasteiger partial charge in [0, 0.05) is 13.1 Å². The van der Waals surface area contributed by atoms with Gasteiger partial charge >= 0.3 is 0 Å². The van der Waals surface area contributed by atoms with E-state index in [9.17, 15) is 14.4 Å². The number of carbonyl (C=O) groups is 2. The Labute approximate surface area is 205 Å². The summed E-state index contributed by atoms with van der Waals surface area (Å²) in [6, 6.07) is 15.0. The molecular formula is C27H31ClN2O4. The van der Waals surface area contributed by atoms with E-state index in [2.05, 4.69) is 0 Å². The summed E-state index contributed by atoms with van der Waals surface area (Å²) in [7, 11) is 0. The van der Waals surface area contributed by atoms with Gasteiger partial charge in [0.25, 0.3) is 0 Å². The second-order valence-electron chi connectivity index (χ2n) is 8.55. The Morgan fingerprint density at radius 1 is 1.06 bits per heavy atom. The molecule has 1 aromatic heterocycles. The van der Waals surface area contributed by atoms with Crippen LogP contribution in [-0.2, 0) is 22.7 Å². The van der Waals surface area contributed by atoms with Crippen molar-refractivity contribution in [3.63, 3.8) is 0 Å². The lowest BCUT2D eigenvalue weighted by Crippen LogP contribution is -2.45. The molecular weight excluding hydrogens is 452 g/mol. The largest absolute Gasteiger partial charge is 0.464 e. The van der Waals surface area contributed by atoms with Gasteiger partial charge in [-0.25, -0.2) is 0 Å². The van der Waals surface area contributed by atoms with Gasteiger partial charge in [0.05, 0.1) is 30.3 Å².